The molecule has 0 fully saturated rings. The molecule has 20 heavy (non-hydrogen) atoms. The molecule has 5 nitrogen and oxygen atoms in total. The fourth-order valence-corrected chi connectivity index (χ4v) is 2.35. The Kier molecular flexibility index (Phi) is 3.04. The molecule has 3 aromatic rings. The van der Waals surface area contributed by atoms with E-state index in [-0.39, 0.29) is 5.84 Å². The number of hydrogen-bond acceptors (Lipinski definition) is 3. The molecule has 0 aliphatic heterocycles. The van der Waals surface area contributed by atoms with Crippen molar-refractivity contribution in [2.75, 3.05) is 0 Å². The van der Waals surface area contributed by atoms with Crippen LogP contribution in [-0.2, 0) is 0 Å². The molecule has 100 valence electrons. The summed E-state index contributed by atoms with van der Waals surface area (Å²) in [7, 11) is 0. The number of nitrogens with zero attached hydrogens (tertiary/aromatic N) is 3. The summed E-state index contributed by atoms with van der Waals surface area (Å²) < 4.78 is 1.79. The number of rotatable bonds is 2. The lowest BCUT2D eigenvalue weighted by Gasteiger charge is -2.07. The van der Waals surface area contributed by atoms with Gasteiger partial charge in [0.15, 0.2) is 5.84 Å². The Morgan fingerprint density at radius 1 is 1.25 bits per heavy atom. The third kappa shape index (κ3) is 1.98. The lowest BCUT2D eigenvalue weighted by Crippen LogP contribution is -2.13. The second-order valence-electron chi connectivity index (χ2n) is 4.26. The van der Waals surface area contributed by atoms with Crippen LogP contribution in [0.4, 0.5) is 0 Å². The number of para-hydroxylation sites is 1. The number of hydrogen-bond donors (Lipinski definition) is 2. The van der Waals surface area contributed by atoms with E-state index in [0.717, 1.165) is 16.6 Å². The molecule has 0 bridgehead atoms. The number of halogens is 1. The SMILES string of the molecule is NC(=NO)c1ccc(-n2ncc3ccccc32)cc1Cl. The van der Waals surface area contributed by atoms with Crippen LogP contribution < -0.4 is 5.73 Å². The van der Waals surface area contributed by atoms with Gasteiger partial charge < -0.3 is 10.9 Å². The number of aromatic nitrogens is 2. The van der Waals surface area contributed by atoms with Crippen LogP contribution in [-0.4, -0.2) is 20.8 Å². The van der Waals surface area contributed by atoms with Gasteiger partial charge in [-0.15, -0.1) is 0 Å². The maximum absolute atomic E-state index is 8.69. The normalized spacial score (nSPS) is 11.9. The van der Waals surface area contributed by atoms with Gasteiger partial charge in [0.2, 0.25) is 0 Å². The highest BCUT2D eigenvalue weighted by Gasteiger charge is 2.09. The molecule has 0 radical (unpaired) electrons. The van der Waals surface area contributed by atoms with Crippen molar-refractivity contribution < 1.29 is 5.21 Å². The third-order valence-electron chi connectivity index (χ3n) is 3.06. The average Bonchev–Trinajstić information content (AvgIpc) is 2.90. The highest BCUT2D eigenvalue weighted by atomic mass is 35.5. The van der Waals surface area contributed by atoms with Crippen molar-refractivity contribution in [2.45, 2.75) is 0 Å². The smallest absolute Gasteiger partial charge is 0.171 e. The van der Waals surface area contributed by atoms with Crippen LogP contribution >= 0.6 is 11.6 Å². The first kappa shape index (κ1) is 12.5. The predicted molar refractivity (Wildman–Crippen MR) is 78.6 cm³/mol. The Morgan fingerprint density at radius 3 is 2.80 bits per heavy atom. The zero-order valence-electron chi connectivity index (χ0n) is 10.4. The predicted octanol–water partition coefficient (Wildman–Crippen LogP) is 2.77. The fraction of sp³-hybridized carbons (Fsp3) is 0. The molecule has 0 aliphatic rings. The molecular weight excluding hydrogens is 276 g/mol. The summed E-state index contributed by atoms with van der Waals surface area (Å²) in [6, 6.07) is 13.1. The topological polar surface area (TPSA) is 76.4 Å². The maximum atomic E-state index is 8.69. The Balaban J connectivity index is 2.14. The van der Waals surface area contributed by atoms with Gasteiger partial charge in [-0.3, -0.25) is 0 Å². The van der Waals surface area contributed by atoms with Crippen LogP contribution in [0.25, 0.3) is 16.6 Å². The molecule has 0 spiro atoms. The molecule has 1 aromatic heterocycles. The fourth-order valence-electron chi connectivity index (χ4n) is 2.07. The molecule has 1 heterocycles. The van der Waals surface area contributed by atoms with Gasteiger partial charge in [0.1, 0.15) is 0 Å². The van der Waals surface area contributed by atoms with Gasteiger partial charge in [-0.05, 0) is 24.3 Å². The highest BCUT2D eigenvalue weighted by Crippen LogP contribution is 2.23. The van der Waals surface area contributed by atoms with E-state index in [2.05, 4.69) is 10.3 Å². The van der Waals surface area contributed by atoms with E-state index < -0.39 is 0 Å². The third-order valence-corrected chi connectivity index (χ3v) is 3.37. The van der Waals surface area contributed by atoms with Gasteiger partial charge in [0, 0.05) is 10.9 Å². The van der Waals surface area contributed by atoms with Gasteiger partial charge in [0.25, 0.3) is 0 Å². The Morgan fingerprint density at radius 2 is 2.05 bits per heavy atom. The summed E-state index contributed by atoms with van der Waals surface area (Å²) >= 11 is 6.16. The van der Waals surface area contributed by atoms with Crippen LogP contribution in [0.1, 0.15) is 5.56 Å². The first-order valence-electron chi connectivity index (χ1n) is 5.91. The zero-order valence-corrected chi connectivity index (χ0v) is 11.1. The Bertz CT molecular complexity index is 810. The van der Waals surface area contributed by atoms with Gasteiger partial charge in [-0.1, -0.05) is 35.0 Å². The molecule has 0 amide bonds. The minimum Gasteiger partial charge on any atom is -0.409 e. The minimum absolute atomic E-state index is 0.0214. The van der Waals surface area contributed by atoms with E-state index in [0.29, 0.717) is 10.6 Å². The summed E-state index contributed by atoms with van der Waals surface area (Å²) in [5.74, 6) is -0.0214. The van der Waals surface area contributed by atoms with Gasteiger partial charge in [0.05, 0.1) is 22.4 Å². The van der Waals surface area contributed by atoms with Gasteiger partial charge >= 0.3 is 0 Å². The van der Waals surface area contributed by atoms with Crippen molar-refractivity contribution in [1.29, 1.82) is 0 Å². The van der Waals surface area contributed by atoms with Gasteiger partial charge in [-0.2, -0.15) is 5.10 Å². The lowest BCUT2D eigenvalue weighted by atomic mass is 10.2. The van der Waals surface area contributed by atoms with Crippen molar-refractivity contribution in [2.24, 2.45) is 10.9 Å². The number of fused-ring (bicyclic) bond motifs is 1. The number of oxime groups is 1. The first-order chi connectivity index (χ1) is 9.70. The van der Waals surface area contributed by atoms with Crippen LogP contribution in [0, 0.1) is 0 Å². The van der Waals surface area contributed by atoms with E-state index >= 15 is 0 Å². The summed E-state index contributed by atoms with van der Waals surface area (Å²) in [6.45, 7) is 0. The van der Waals surface area contributed by atoms with E-state index in [1.54, 1.807) is 23.0 Å². The molecule has 0 saturated heterocycles. The highest BCUT2D eigenvalue weighted by molar-refractivity contribution is 6.34. The molecular formula is C14H11ClN4O. The Labute approximate surface area is 119 Å². The summed E-state index contributed by atoms with van der Waals surface area (Å²) in [6.07, 6.45) is 1.79. The zero-order chi connectivity index (χ0) is 14.1. The van der Waals surface area contributed by atoms with Crippen LogP contribution in [0.2, 0.25) is 5.02 Å². The molecule has 6 heteroatoms. The first-order valence-corrected chi connectivity index (χ1v) is 6.29. The van der Waals surface area contributed by atoms with Crippen LogP contribution in [0.15, 0.2) is 53.8 Å². The van der Waals surface area contributed by atoms with E-state index in [9.17, 15) is 0 Å². The summed E-state index contributed by atoms with van der Waals surface area (Å²) in [5, 5.41) is 17.4. The molecule has 0 aliphatic carbocycles. The molecule has 0 atom stereocenters. The van der Waals surface area contributed by atoms with Crippen molar-refractivity contribution >= 4 is 28.3 Å². The van der Waals surface area contributed by atoms with Crippen LogP contribution in [0.3, 0.4) is 0 Å². The number of nitrogens with two attached hydrogens (primary N) is 1. The lowest BCUT2D eigenvalue weighted by molar-refractivity contribution is 0.318. The van der Waals surface area contributed by atoms with Crippen molar-refractivity contribution in [1.82, 2.24) is 9.78 Å². The molecule has 3 N–H and O–H groups in total. The molecule has 0 saturated carbocycles. The van der Waals surface area contributed by atoms with Crippen molar-refractivity contribution in [3.8, 4) is 5.69 Å². The van der Waals surface area contributed by atoms with Crippen LogP contribution in [0.5, 0.6) is 0 Å². The van der Waals surface area contributed by atoms with E-state index in [4.69, 9.17) is 22.5 Å². The van der Waals surface area contributed by atoms with Crippen molar-refractivity contribution in [3.05, 3.63) is 59.2 Å². The molecule has 2 aromatic carbocycles. The van der Waals surface area contributed by atoms with E-state index in [1.807, 2.05) is 30.3 Å². The molecule has 3 rings (SSSR count). The summed E-state index contributed by atoms with van der Waals surface area (Å²) in [5.41, 5.74) is 7.83. The number of amidine groups is 1. The standard InChI is InChI=1S/C14H11ClN4O/c15-12-7-10(5-6-11(12)14(16)18-20)19-13-4-2-1-3-9(13)8-17-19/h1-8,20H,(H2,16,18). The quantitative estimate of drug-likeness (QED) is 0.329. The monoisotopic (exact) mass is 286 g/mol. The minimum atomic E-state index is -0.0214. The second-order valence-corrected chi connectivity index (χ2v) is 4.67. The van der Waals surface area contributed by atoms with E-state index in [1.165, 1.54) is 0 Å². The second kappa shape index (κ2) is 4.86. The number of benzene rings is 2. The average molecular weight is 287 g/mol. The van der Waals surface area contributed by atoms with Crippen molar-refractivity contribution in [3.63, 3.8) is 0 Å². The largest absolute Gasteiger partial charge is 0.409 e. The Hall–Kier alpha value is -2.53. The summed E-state index contributed by atoms with van der Waals surface area (Å²) in [4.78, 5) is 0. The maximum Gasteiger partial charge on any atom is 0.171 e. The molecule has 0 unspecified atom stereocenters. The van der Waals surface area contributed by atoms with Gasteiger partial charge in [-0.25, -0.2) is 4.68 Å².